The minimum absolute atomic E-state index is 0. The van der Waals surface area contributed by atoms with Gasteiger partial charge in [0.25, 0.3) is 5.56 Å². The number of nitrogens with one attached hydrogen (secondary N) is 3. The van der Waals surface area contributed by atoms with E-state index in [-0.39, 0.29) is 69.4 Å². The third kappa shape index (κ3) is 7.96. The summed E-state index contributed by atoms with van der Waals surface area (Å²) in [6, 6.07) is 16.9. The number of ketones is 1. The Morgan fingerprint density at radius 2 is 1.46 bits per heavy atom. The Bertz CT molecular complexity index is 2950. The van der Waals surface area contributed by atoms with Crippen LogP contribution in [0.3, 0.4) is 0 Å². The van der Waals surface area contributed by atoms with Gasteiger partial charge in [-0.25, -0.2) is 4.21 Å². The summed E-state index contributed by atoms with van der Waals surface area (Å²) in [6.45, 7) is 0. The van der Waals surface area contributed by atoms with Gasteiger partial charge < -0.3 is 34.4 Å². The fourth-order valence-electron chi connectivity index (χ4n) is 5.97. The van der Waals surface area contributed by atoms with Gasteiger partial charge in [0.1, 0.15) is 16.3 Å². The predicted molar refractivity (Wildman–Crippen MR) is 197 cm³/mol. The third-order valence-electron chi connectivity index (χ3n) is 8.40. The van der Waals surface area contributed by atoms with Gasteiger partial charge in [-0.2, -0.15) is 52.1 Å². The second kappa shape index (κ2) is 15.9. The van der Waals surface area contributed by atoms with Crippen molar-refractivity contribution >= 4 is 82.9 Å². The number of nitrogens with two attached hydrogens (primary N) is 2. The van der Waals surface area contributed by atoms with Crippen LogP contribution in [0.25, 0.3) is 22.0 Å². The average molecular weight is 846 g/mol. The van der Waals surface area contributed by atoms with E-state index < -0.39 is 64.9 Å². The Morgan fingerprint density at radius 1 is 0.772 bits per heavy atom. The summed E-state index contributed by atoms with van der Waals surface area (Å²) in [6.07, 6.45) is 0. The molecule has 21 nitrogen and oxygen atoms in total. The van der Waals surface area contributed by atoms with E-state index in [1.165, 1.54) is 28.8 Å². The maximum atomic E-state index is 14.1. The largest absolute Gasteiger partial charge is 1.00 e. The van der Waals surface area contributed by atoms with Gasteiger partial charge in [0.05, 0.1) is 33.0 Å². The summed E-state index contributed by atoms with van der Waals surface area (Å²) in [5.74, 6) is 8.35. The van der Waals surface area contributed by atoms with E-state index in [4.69, 9.17) is 16.0 Å². The van der Waals surface area contributed by atoms with Gasteiger partial charge >= 0.3 is 55.8 Å². The van der Waals surface area contributed by atoms with Crippen molar-refractivity contribution < 1.29 is 77.8 Å². The summed E-state index contributed by atoms with van der Waals surface area (Å²) >= 11 is -3.11. The van der Waals surface area contributed by atoms with E-state index in [1.54, 1.807) is 37.4 Å². The van der Waals surface area contributed by atoms with Crippen molar-refractivity contribution in [2.75, 3.05) is 16.0 Å². The zero-order chi connectivity index (χ0) is 40.1. The molecule has 57 heavy (non-hydrogen) atoms. The van der Waals surface area contributed by atoms with Gasteiger partial charge in [-0.1, -0.05) is 24.3 Å². The number of carbonyl (C=O) groups is 1. The number of aromatic nitrogens is 4. The fourth-order valence-corrected chi connectivity index (χ4v) is 7.59. The van der Waals surface area contributed by atoms with Crippen LogP contribution in [0, 0.1) is 0 Å². The normalized spacial score (nSPS) is 12.7. The average Bonchev–Trinajstić information content (AvgIpc) is 3.16. The Balaban J connectivity index is 0.00000549. The number of benzene rings is 4. The topological polar surface area (TPSA) is 322 Å². The maximum absolute atomic E-state index is 14.1. The van der Waals surface area contributed by atoms with Crippen LogP contribution >= 0.6 is 0 Å². The molecule has 0 amide bonds. The molecule has 4 aromatic carbocycles. The second-order valence-corrected chi connectivity index (χ2v) is 15.3. The number of fused-ring (bicyclic) bond motifs is 2. The number of hydrogen-bond acceptors (Lipinski definition) is 20. The number of carbonyl (C=O) groups excluding carboxylic acids is 1. The molecule has 0 fully saturated rings. The van der Waals surface area contributed by atoms with Gasteiger partial charge in [0.15, 0.2) is 11.5 Å². The summed E-state index contributed by atoms with van der Waals surface area (Å²) in [5.41, 5.74) is 1.43. The summed E-state index contributed by atoms with van der Waals surface area (Å²) < 4.78 is 87.3. The van der Waals surface area contributed by atoms with Crippen LogP contribution in [0.2, 0.25) is 0 Å². The number of pyridine rings is 1. The van der Waals surface area contributed by atoms with Crippen LogP contribution < -0.4 is 67.0 Å². The smallest absolute Gasteiger partial charge is 0.740 e. The molecule has 0 aliphatic heterocycles. The summed E-state index contributed by atoms with van der Waals surface area (Å²) in [7, 11) is -7.52. The summed E-state index contributed by atoms with van der Waals surface area (Å²) in [5, 5.41) is 19.1. The molecule has 1 aliphatic rings. The van der Waals surface area contributed by atoms with Crippen LogP contribution in [0.1, 0.15) is 15.9 Å². The minimum atomic E-state index is -4.60. The molecule has 0 saturated heterocycles. The van der Waals surface area contributed by atoms with Gasteiger partial charge in [-0.15, -0.1) is 0 Å². The molecule has 7 rings (SSSR count). The predicted octanol–water partition coefficient (Wildman–Crippen LogP) is -0.794. The molecule has 2 heterocycles. The first-order valence-corrected chi connectivity index (χ1v) is 19.3. The molecule has 1 aliphatic carbocycles. The molecule has 2 aromatic heterocycles. The van der Waals surface area contributed by atoms with Crippen molar-refractivity contribution in [1.29, 1.82) is 0 Å². The molecule has 25 heteroatoms. The first-order chi connectivity index (χ1) is 26.6. The minimum Gasteiger partial charge on any atom is -0.740 e. The van der Waals surface area contributed by atoms with Crippen molar-refractivity contribution in [2.24, 2.45) is 18.8 Å². The van der Waals surface area contributed by atoms with E-state index in [9.17, 15) is 40.3 Å². The summed E-state index contributed by atoms with van der Waals surface area (Å²) in [4.78, 5) is 37.6. The Hall–Kier alpha value is -5.38. The van der Waals surface area contributed by atoms with Crippen molar-refractivity contribution in [3.05, 3.63) is 100 Å². The number of hydrogen-bond donors (Lipinski definition) is 6. The molecule has 0 bridgehead atoms. The van der Waals surface area contributed by atoms with Gasteiger partial charge in [-0.05, 0) is 59.7 Å². The van der Waals surface area contributed by atoms with E-state index >= 15 is 0 Å². The van der Waals surface area contributed by atoms with E-state index in [1.807, 2.05) is 0 Å². The Labute approximate surface area is 346 Å². The molecule has 288 valence electrons. The molecule has 0 spiro atoms. The maximum Gasteiger partial charge on any atom is 1.00 e. The molecule has 0 saturated carbocycles. The fraction of sp³-hybridized carbons (Fsp3) is 0.0312. The molecule has 0 radical (unpaired) electrons. The van der Waals surface area contributed by atoms with E-state index in [2.05, 4.69) is 39.5 Å². The zero-order valence-electron chi connectivity index (χ0n) is 29.1. The van der Waals surface area contributed by atoms with Crippen LogP contribution in [0.15, 0.2) is 93.4 Å². The zero-order valence-corrected chi connectivity index (χ0v) is 33.6. The van der Waals surface area contributed by atoms with Crippen LogP contribution in [0.4, 0.5) is 34.6 Å². The van der Waals surface area contributed by atoms with Crippen molar-refractivity contribution in [3.8, 4) is 22.9 Å². The third-order valence-corrected chi connectivity index (χ3v) is 10.9. The first-order valence-electron chi connectivity index (χ1n) is 15.5. The van der Waals surface area contributed by atoms with Crippen LogP contribution in [-0.4, -0.2) is 56.0 Å². The van der Waals surface area contributed by atoms with E-state index in [0.717, 1.165) is 24.3 Å². The molecule has 8 N–H and O–H groups in total. The molecular weight excluding hydrogens is 822 g/mol. The van der Waals surface area contributed by atoms with E-state index in [0.29, 0.717) is 27.6 Å². The van der Waals surface area contributed by atoms with Crippen molar-refractivity contribution in [2.45, 2.75) is 9.79 Å². The van der Waals surface area contributed by atoms with Crippen molar-refractivity contribution in [1.82, 2.24) is 19.5 Å². The Morgan fingerprint density at radius 3 is 2.14 bits per heavy atom. The first kappa shape index (κ1) is 41.3. The second-order valence-electron chi connectivity index (χ2n) is 11.6. The number of nitrogens with zero attached hydrogens (tertiary/aromatic N) is 4. The van der Waals surface area contributed by atoms with Gasteiger partial charge in [0.2, 0.25) is 11.9 Å². The van der Waals surface area contributed by atoms with Crippen LogP contribution in [0.5, 0.6) is 11.8 Å². The molecule has 1 atom stereocenters. The standard InChI is InChI=1S/C32H25N9O12S3.Na/c1-41-23-9-8-20(28-27(23)19(14-26(41)42)17-4-2-3-5-18(17)29(28)43)36-22-12-15(6-11-25(22)56(49,50)53-34)35-30-38-31(40-32(44)39-30)37-21-13-16(55(47,48)52-33)7-10-24(21)51-54(45)46;/h2-14,36H,33-34H2,1H3,(H,45,46)(H3,35,37,38,39,40,44);/q;+1/p-1. The molecule has 1 unspecified atom stereocenters. The quantitative estimate of drug-likeness (QED) is 0.0498. The number of rotatable bonds is 12. The van der Waals surface area contributed by atoms with Gasteiger partial charge in [0, 0.05) is 29.8 Å². The molecular formula is C32H24N9NaO12S3. The SMILES string of the molecule is Cn1c(=O)cc2c3c(c(Nc4cc(Nc5nc(O)nc(Nc6cc(S(=O)(=O)ON)ccc6OS(=O)[O-])n5)ccc4S(=O)(=O)ON)ccc31)C(=O)c1ccccc1-2.[Na+]. The van der Waals surface area contributed by atoms with Gasteiger partial charge in [-0.3, -0.25) is 9.59 Å². The number of aromatic hydroxyl groups is 1. The molecule has 6 aromatic rings. The van der Waals surface area contributed by atoms with Crippen molar-refractivity contribution in [3.63, 3.8) is 0 Å². The Kier molecular flexibility index (Phi) is 11.5. The number of anilines is 6. The monoisotopic (exact) mass is 845 g/mol. The van der Waals surface area contributed by atoms with Crippen LogP contribution in [-0.2, 0) is 47.2 Å². The number of aryl methyl sites for hydroxylation is 1.